The molecule has 0 amide bonds. The van der Waals surface area contributed by atoms with Gasteiger partial charge in [-0.05, 0) is 61.1 Å². The molecule has 2 nitrogen and oxygen atoms in total. The molecule has 1 aromatic rings. The zero-order valence-electron chi connectivity index (χ0n) is 13.4. The molecule has 1 unspecified atom stereocenters. The average Bonchev–Trinajstić information content (AvgIpc) is 2.44. The van der Waals surface area contributed by atoms with Gasteiger partial charge in [0.25, 0.3) is 0 Å². The van der Waals surface area contributed by atoms with Crippen LogP contribution in [0.5, 0.6) is 0 Å². The predicted molar refractivity (Wildman–Crippen MR) is 85.8 cm³/mol. The maximum Gasteiger partial charge on any atom is 0.125 e. The molecule has 1 aliphatic carbocycles. The molecule has 1 aliphatic rings. The number of rotatable bonds is 4. The van der Waals surface area contributed by atoms with Gasteiger partial charge < -0.3 is 10.4 Å². The van der Waals surface area contributed by atoms with Gasteiger partial charge in [0.2, 0.25) is 0 Å². The van der Waals surface area contributed by atoms with Crippen molar-refractivity contribution in [2.75, 3.05) is 11.9 Å². The monoisotopic (exact) mass is 293 g/mol. The van der Waals surface area contributed by atoms with Gasteiger partial charge in [0, 0.05) is 5.69 Å². The Hall–Kier alpha value is -1.09. The van der Waals surface area contributed by atoms with Crippen LogP contribution in [-0.4, -0.2) is 17.8 Å². The van der Waals surface area contributed by atoms with E-state index in [1.807, 2.05) is 6.07 Å². The Morgan fingerprint density at radius 2 is 1.90 bits per heavy atom. The maximum absolute atomic E-state index is 13.2. The van der Waals surface area contributed by atoms with Crippen LogP contribution in [0.25, 0.3) is 0 Å². The molecule has 0 bridgehead atoms. The molecule has 21 heavy (non-hydrogen) atoms. The van der Waals surface area contributed by atoms with Crippen LogP contribution in [0.3, 0.4) is 0 Å². The van der Waals surface area contributed by atoms with Gasteiger partial charge in [0.05, 0.1) is 12.6 Å². The number of benzene rings is 1. The molecule has 0 saturated heterocycles. The number of anilines is 1. The zero-order chi connectivity index (χ0) is 15.5. The molecule has 2 N–H and O–H groups in total. The summed E-state index contributed by atoms with van der Waals surface area (Å²) in [5, 5.41) is 13.0. The van der Waals surface area contributed by atoms with E-state index in [0.717, 1.165) is 24.4 Å². The number of hydrogen-bond donors (Lipinski definition) is 2. The summed E-state index contributed by atoms with van der Waals surface area (Å²) < 4.78 is 13.2. The molecule has 0 heterocycles. The third kappa shape index (κ3) is 4.44. The fraction of sp³-hybridized carbons (Fsp3) is 0.667. The second kappa shape index (κ2) is 6.78. The number of aliphatic hydroxyl groups is 1. The molecule has 0 radical (unpaired) electrons. The highest BCUT2D eigenvalue weighted by molar-refractivity contribution is 5.44. The lowest BCUT2D eigenvalue weighted by molar-refractivity contribution is 0.127. The number of aliphatic hydroxyl groups excluding tert-OH is 1. The highest BCUT2D eigenvalue weighted by atomic mass is 19.1. The van der Waals surface area contributed by atoms with Crippen LogP contribution in [0.2, 0.25) is 0 Å². The van der Waals surface area contributed by atoms with E-state index in [2.05, 4.69) is 26.1 Å². The highest BCUT2D eigenvalue weighted by Gasteiger charge is 2.32. The van der Waals surface area contributed by atoms with Gasteiger partial charge in [-0.25, -0.2) is 4.39 Å². The van der Waals surface area contributed by atoms with Gasteiger partial charge >= 0.3 is 0 Å². The molecule has 0 aromatic heterocycles. The van der Waals surface area contributed by atoms with E-state index in [-0.39, 0.29) is 18.5 Å². The standard InChI is InChI=1S/C18H28FNO/c1-18(2,3)14-9-7-13(8-10-14)17(12-21)20-16-6-4-5-15(19)11-16/h4-6,11,13-14,17,20-21H,7-10,12H2,1-3H3. The second-order valence-corrected chi connectivity index (χ2v) is 7.42. The summed E-state index contributed by atoms with van der Waals surface area (Å²) in [7, 11) is 0. The first-order chi connectivity index (χ1) is 9.90. The normalized spacial score (nSPS) is 24.6. The van der Waals surface area contributed by atoms with E-state index < -0.39 is 0 Å². The molecule has 2 rings (SSSR count). The Kier molecular flexibility index (Phi) is 5.26. The molecule has 1 atom stereocenters. The summed E-state index contributed by atoms with van der Waals surface area (Å²) in [5.74, 6) is 0.993. The van der Waals surface area contributed by atoms with E-state index in [1.54, 1.807) is 6.07 Å². The Balaban J connectivity index is 1.94. The smallest absolute Gasteiger partial charge is 0.125 e. The summed E-state index contributed by atoms with van der Waals surface area (Å²) in [6.07, 6.45) is 4.70. The van der Waals surface area contributed by atoms with Gasteiger partial charge in [-0.1, -0.05) is 26.8 Å². The summed E-state index contributed by atoms with van der Waals surface area (Å²) in [4.78, 5) is 0. The fourth-order valence-electron chi connectivity index (χ4n) is 3.49. The van der Waals surface area contributed by atoms with Gasteiger partial charge in [-0.3, -0.25) is 0 Å². The first-order valence-corrected chi connectivity index (χ1v) is 8.03. The molecule has 1 aromatic carbocycles. The Labute approximate surface area is 127 Å². The van der Waals surface area contributed by atoms with Crippen molar-refractivity contribution in [1.29, 1.82) is 0 Å². The molecule has 3 heteroatoms. The van der Waals surface area contributed by atoms with Crippen LogP contribution in [0.15, 0.2) is 24.3 Å². The molecule has 0 aliphatic heterocycles. The van der Waals surface area contributed by atoms with Crippen LogP contribution >= 0.6 is 0 Å². The van der Waals surface area contributed by atoms with E-state index in [9.17, 15) is 9.50 Å². The van der Waals surface area contributed by atoms with Crippen molar-refractivity contribution >= 4 is 5.69 Å². The Morgan fingerprint density at radius 3 is 2.43 bits per heavy atom. The van der Waals surface area contributed by atoms with Crippen molar-refractivity contribution in [3.05, 3.63) is 30.1 Å². The Morgan fingerprint density at radius 1 is 1.24 bits per heavy atom. The topological polar surface area (TPSA) is 32.3 Å². The van der Waals surface area contributed by atoms with Crippen molar-refractivity contribution < 1.29 is 9.50 Å². The largest absolute Gasteiger partial charge is 0.394 e. The number of hydrogen-bond acceptors (Lipinski definition) is 2. The first kappa shape index (κ1) is 16.3. The lowest BCUT2D eigenvalue weighted by atomic mass is 9.68. The summed E-state index contributed by atoms with van der Waals surface area (Å²) >= 11 is 0. The van der Waals surface area contributed by atoms with Gasteiger partial charge in [0.15, 0.2) is 0 Å². The maximum atomic E-state index is 13.2. The van der Waals surface area contributed by atoms with Crippen molar-refractivity contribution in [1.82, 2.24) is 0 Å². The third-order valence-corrected chi connectivity index (χ3v) is 4.94. The predicted octanol–water partition coefficient (Wildman–Crippen LogP) is 4.45. The average molecular weight is 293 g/mol. The van der Waals surface area contributed by atoms with Gasteiger partial charge in [0.1, 0.15) is 5.82 Å². The molecule has 1 saturated carbocycles. The van der Waals surface area contributed by atoms with Crippen molar-refractivity contribution in [2.24, 2.45) is 17.3 Å². The number of halogens is 1. The van der Waals surface area contributed by atoms with Crippen LogP contribution in [0.4, 0.5) is 10.1 Å². The van der Waals surface area contributed by atoms with Crippen molar-refractivity contribution in [3.63, 3.8) is 0 Å². The SMILES string of the molecule is CC(C)(C)C1CCC(C(CO)Nc2cccc(F)c2)CC1. The third-order valence-electron chi connectivity index (χ3n) is 4.94. The van der Waals surface area contributed by atoms with Crippen molar-refractivity contribution in [2.45, 2.75) is 52.5 Å². The lowest BCUT2D eigenvalue weighted by Gasteiger charge is -2.39. The highest BCUT2D eigenvalue weighted by Crippen LogP contribution is 2.41. The van der Waals surface area contributed by atoms with Crippen LogP contribution < -0.4 is 5.32 Å². The zero-order valence-corrected chi connectivity index (χ0v) is 13.4. The van der Waals surface area contributed by atoms with E-state index >= 15 is 0 Å². The summed E-state index contributed by atoms with van der Waals surface area (Å²) in [6.45, 7) is 7.03. The van der Waals surface area contributed by atoms with Crippen LogP contribution in [0.1, 0.15) is 46.5 Å². The van der Waals surface area contributed by atoms with E-state index in [1.165, 1.54) is 25.0 Å². The van der Waals surface area contributed by atoms with E-state index in [4.69, 9.17) is 0 Å². The van der Waals surface area contributed by atoms with Crippen LogP contribution in [-0.2, 0) is 0 Å². The molecule has 118 valence electrons. The molecule has 0 spiro atoms. The second-order valence-electron chi connectivity index (χ2n) is 7.42. The van der Waals surface area contributed by atoms with E-state index in [0.29, 0.717) is 11.3 Å². The minimum atomic E-state index is -0.242. The first-order valence-electron chi connectivity index (χ1n) is 8.03. The summed E-state index contributed by atoms with van der Waals surface area (Å²) in [6, 6.07) is 6.50. The lowest BCUT2D eigenvalue weighted by Crippen LogP contribution is -2.37. The van der Waals surface area contributed by atoms with Crippen molar-refractivity contribution in [3.8, 4) is 0 Å². The minimum Gasteiger partial charge on any atom is -0.394 e. The minimum absolute atomic E-state index is 0.0210. The Bertz CT molecular complexity index is 447. The molecular weight excluding hydrogens is 265 g/mol. The number of nitrogens with one attached hydrogen (secondary N) is 1. The summed E-state index contributed by atoms with van der Waals surface area (Å²) in [5.41, 5.74) is 1.13. The quantitative estimate of drug-likeness (QED) is 0.859. The van der Waals surface area contributed by atoms with Gasteiger partial charge in [-0.2, -0.15) is 0 Å². The van der Waals surface area contributed by atoms with Gasteiger partial charge in [-0.15, -0.1) is 0 Å². The molecular formula is C18H28FNO. The molecule has 1 fully saturated rings. The fourth-order valence-corrected chi connectivity index (χ4v) is 3.49. The van der Waals surface area contributed by atoms with Crippen LogP contribution in [0, 0.1) is 23.1 Å².